The Morgan fingerprint density at radius 1 is 1.04 bits per heavy atom. The third-order valence-electron chi connectivity index (χ3n) is 4.46. The van der Waals surface area contributed by atoms with Crippen LogP contribution in [0.25, 0.3) is 0 Å². The van der Waals surface area contributed by atoms with Crippen molar-refractivity contribution in [1.82, 2.24) is 0 Å². The first kappa shape index (κ1) is 16.4. The number of halogens is 2. The van der Waals surface area contributed by atoms with Crippen molar-refractivity contribution >= 4 is 11.6 Å². The molecule has 0 radical (unpaired) electrons. The summed E-state index contributed by atoms with van der Waals surface area (Å²) in [4.78, 5) is 13.1. The molecule has 1 unspecified atom stereocenters. The zero-order valence-corrected chi connectivity index (χ0v) is 14.0. The smallest absolute Gasteiger partial charge is 0.349 e. The van der Waals surface area contributed by atoms with E-state index in [4.69, 9.17) is 18.9 Å². The van der Waals surface area contributed by atoms with Crippen molar-refractivity contribution in [3.63, 3.8) is 0 Å². The average molecular weight is 363 g/mol. The van der Waals surface area contributed by atoms with Gasteiger partial charge in [-0.05, 0) is 29.8 Å². The van der Waals surface area contributed by atoms with E-state index in [-0.39, 0.29) is 12.4 Å². The number of alkyl halides is 2. The highest BCUT2D eigenvalue weighted by atomic mass is 19.3. The lowest BCUT2D eigenvalue weighted by atomic mass is 9.88. The monoisotopic (exact) mass is 363 g/mol. The van der Waals surface area contributed by atoms with Crippen LogP contribution >= 0.6 is 0 Å². The normalized spacial score (nSPS) is 19.9. The number of fused-ring (bicyclic) bond motifs is 1. The van der Waals surface area contributed by atoms with Gasteiger partial charge in [0, 0.05) is 11.8 Å². The molecule has 1 atom stereocenters. The predicted octanol–water partition coefficient (Wildman–Crippen LogP) is 3.16. The highest BCUT2D eigenvalue weighted by Crippen LogP contribution is 2.52. The summed E-state index contributed by atoms with van der Waals surface area (Å²) >= 11 is 0. The fourth-order valence-corrected chi connectivity index (χ4v) is 3.17. The maximum atomic E-state index is 14.4. The van der Waals surface area contributed by atoms with Crippen molar-refractivity contribution in [3.8, 4) is 23.0 Å². The van der Waals surface area contributed by atoms with Crippen molar-refractivity contribution in [2.75, 3.05) is 25.9 Å². The molecule has 0 N–H and O–H groups in total. The maximum Gasteiger partial charge on any atom is 0.349 e. The molecule has 26 heavy (non-hydrogen) atoms. The van der Waals surface area contributed by atoms with Gasteiger partial charge >= 0.3 is 11.8 Å². The molecular weight excluding hydrogens is 348 g/mol. The van der Waals surface area contributed by atoms with E-state index in [0.717, 1.165) is 4.90 Å². The van der Waals surface area contributed by atoms with Crippen molar-refractivity contribution < 1.29 is 32.5 Å². The van der Waals surface area contributed by atoms with Gasteiger partial charge in [-0.2, -0.15) is 8.78 Å². The molecule has 2 aromatic rings. The summed E-state index contributed by atoms with van der Waals surface area (Å²) in [5.74, 6) is -3.13. The van der Waals surface area contributed by atoms with Gasteiger partial charge in [0.15, 0.2) is 23.0 Å². The number of methoxy groups -OCH3 is 2. The van der Waals surface area contributed by atoms with E-state index in [1.54, 1.807) is 12.1 Å². The molecule has 6 nitrogen and oxygen atoms in total. The van der Waals surface area contributed by atoms with Gasteiger partial charge < -0.3 is 18.9 Å². The number of β-lactam (4-membered cyclic amide) rings is 1. The van der Waals surface area contributed by atoms with Crippen LogP contribution in [0.4, 0.5) is 14.5 Å². The highest BCUT2D eigenvalue weighted by molar-refractivity contribution is 6.07. The van der Waals surface area contributed by atoms with Gasteiger partial charge in [-0.3, -0.25) is 9.69 Å². The van der Waals surface area contributed by atoms with Gasteiger partial charge in [0.1, 0.15) is 6.04 Å². The van der Waals surface area contributed by atoms with Crippen LogP contribution in [0.15, 0.2) is 36.4 Å². The number of hydrogen-bond donors (Lipinski definition) is 0. The average Bonchev–Trinajstić information content (AvgIpc) is 3.12. The molecule has 0 aliphatic carbocycles. The van der Waals surface area contributed by atoms with Crippen LogP contribution < -0.4 is 23.8 Å². The van der Waals surface area contributed by atoms with E-state index < -0.39 is 17.9 Å². The van der Waals surface area contributed by atoms with Crippen LogP contribution in [-0.2, 0) is 4.79 Å². The van der Waals surface area contributed by atoms with Crippen molar-refractivity contribution in [2.24, 2.45) is 0 Å². The Morgan fingerprint density at radius 3 is 2.50 bits per heavy atom. The summed E-state index contributed by atoms with van der Waals surface area (Å²) < 4.78 is 49.6. The number of rotatable bonds is 4. The number of hydrogen-bond acceptors (Lipinski definition) is 5. The summed E-state index contributed by atoms with van der Waals surface area (Å²) in [5, 5.41) is 0. The SMILES string of the molecule is COc1ccc(C2N(c3ccc4c(c3)OCO4)C(=O)C2(F)F)cc1OC. The molecule has 2 aliphatic rings. The standard InChI is InChI=1S/C18H15F2NO5/c1-23-12-5-3-10(7-14(12)24-2)16-18(19,20)17(22)21(16)11-4-6-13-15(8-11)26-9-25-13/h3-8,16H,9H2,1-2H3. The Balaban J connectivity index is 1.75. The first-order valence-corrected chi connectivity index (χ1v) is 7.80. The third-order valence-corrected chi connectivity index (χ3v) is 4.46. The zero-order chi connectivity index (χ0) is 18.5. The van der Waals surface area contributed by atoms with Crippen molar-refractivity contribution in [1.29, 1.82) is 0 Å². The largest absolute Gasteiger partial charge is 0.493 e. The van der Waals surface area contributed by atoms with E-state index in [2.05, 4.69) is 0 Å². The number of anilines is 1. The lowest BCUT2D eigenvalue weighted by Crippen LogP contribution is -2.64. The fraction of sp³-hybridized carbons (Fsp3) is 0.278. The quantitative estimate of drug-likeness (QED) is 0.781. The molecule has 1 saturated heterocycles. The first-order chi connectivity index (χ1) is 12.5. The summed E-state index contributed by atoms with van der Waals surface area (Å²) in [6.45, 7) is 0.0575. The zero-order valence-electron chi connectivity index (χ0n) is 14.0. The van der Waals surface area contributed by atoms with E-state index in [9.17, 15) is 13.6 Å². The summed E-state index contributed by atoms with van der Waals surface area (Å²) in [5.41, 5.74) is 0.551. The number of carbonyl (C=O) groups excluding carboxylic acids is 1. The number of benzene rings is 2. The summed E-state index contributed by atoms with van der Waals surface area (Å²) in [7, 11) is 2.87. The fourth-order valence-electron chi connectivity index (χ4n) is 3.17. The lowest BCUT2D eigenvalue weighted by Gasteiger charge is -2.46. The lowest BCUT2D eigenvalue weighted by molar-refractivity contribution is -0.162. The second kappa shape index (κ2) is 5.76. The number of amides is 1. The number of ether oxygens (including phenoxy) is 4. The molecule has 2 aromatic carbocycles. The van der Waals surface area contributed by atoms with Crippen LogP contribution in [0.2, 0.25) is 0 Å². The minimum Gasteiger partial charge on any atom is -0.493 e. The number of nitrogens with zero attached hydrogens (tertiary/aromatic N) is 1. The molecule has 0 bridgehead atoms. The highest BCUT2D eigenvalue weighted by Gasteiger charge is 2.64. The Morgan fingerprint density at radius 2 is 1.77 bits per heavy atom. The summed E-state index contributed by atoms with van der Waals surface area (Å²) in [6, 6.07) is 7.68. The molecule has 8 heteroatoms. The predicted molar refractivity (Wildman–Crippen MR) is 87.3 cm³/mol. The van der Waals surface area contributed by atoms with E-state index >= 15 is 0 Å². The second-order valence-electron chi connectivity index (χ2n) is 5.85. The van der Waals surface area contributed by atoms with Crippen LogP contribution in [0.5, 0.6) is 23.0 Å². The Kier molecular flexibility index (Phi) is 3.64. The topological polar surface area (TPSA) is 57.2 Å². The molecule has 0 saturated carbocycles. The Bertz CT molecular complexity index is 886. The Hall–Kier alpha value is -3.03. The van der Waals surface area contributed by atoms with Gasteiger partial charge in [-0.15, -0.1) is 0 Å². The van der Waals surface area contributed by atoms with E-state index in [1.165, 1.54) is 38.5 Å². The summed E-state index contributed by atoms with van der Waals surface area (Å²) in [6.07, 6.45) is 0. The molecule has 1 fully saturated rings. The van der Waals surface area contributed by atoms with Gasteiger partial charge in [-0.25, -0.2) is 0 Å². The van der Waals surface area contributed by atoms with Gasteiger partial charge in [0.05, 0.1) is 14.2 Å². The van der Waals surface area contributed by atoms with E-state index in [1.807, 2.05) is 0 Å². The van der Waals surface area contributed by atoms with E-state index in [0.29, 0.717) is 28.7 Å². The molecule has 1 amide bonds. The van der Waals surface area contributed by atoms with Crippen LogP contribution in [-0.4, -0.2) is 32.8 Å². The van der Waals surface area contributed by atoms with Gasteiger partial charge in [0.25, 0.3) is 0 Å². The molecule has 2 aliphatic heterocycles. The Labute approximate surface area is 147 Å². The third kappa shape index (κ3) is 2.25. The molecule has 0 aromatic heterocycles. The molecule has 4 rings (SSSR count). The molecule has 136 valence electrons. The van der Waals surface area contributed by atoms with Crippen LogP contribution in [0, 0.1) is 0 Å². The van der Waals surface area contributed by atoms with Crippen LogP contribution in [0.3, 0.4) is 0 Å². The number of carbonyl (C=O) groups is 1. The van der Waals surface area contributed by atoms with Gasteiger partial charge in [-0.1, -0.05) is 6.07 Å². The van der Waals surface area contributed by atoms with Crippen molar-refractivity contribution in [3.05, 3.63) is 42.0 Å². The first-order valence-electron chi connectivity index (χ1n) is 7.80. The minimum absolute atomic E-state index is 0.0575. The molecule has 2 heterocycles. The minimum atomic E-state index is -3.52. The second-order valence-corrected chi connectivity index (χ2v) is 5.85. The molecule has 0 spiro atoms. The van der Waals surface area contributed by atoms with Crippen molar-refractivity contribution in [2.45, 2.75) is 12.0 Å². The molecular formula is C18H15F2NO5. The van der Waals surface area contributed by atoms with Gasteiger partial charge in [0.2, 0.25) is 6.79 Å². The van der Waals surface area contributed by atoms with Crippen LogP contribution in [0.1, 0.15) is 11.6 Å². The maximum absolute atomic E-state index is 14.4.